The van der Waals surface area contributed by atoms with E-state index in [0.29, 0.717) is 17.5 Å². The molecule has 2 aromatic rings. The number of aromatic nitrogens is 2. The molecule has 1 aromatic heterocycles. The molecule has 2 rings (SSSR count). The van der Waals surface area contributed by atoms with Crippen LogP contribution in [0.5, 0.6) is 5.88 Å². The second kappa shape index (κ2) is 7.89. The minimum atomic E-state index is 0.533. The predicted molar refractivity (Wildman–Crippen MR) is 84.7 cm³/mol. The topological polar surface area (TPSA) is 35.0 Å². The van der Waals surface area contributed by atoms with Gasteiger partial charge in [0.05, 0.1) is 10.9 Å². The zero-order chi connectivity index (χ0) is 15.0. The molecule has 0 amide bonds. The van der Waals surface area contributed by atoms with Crippen molar-refractivity contribution < 1.29 is 4.74 Å². The van der Waals surface area contributed by atoms with Crippen molar-refractivity contribution in [2.75, 3.05) is 0 Å². The van der Waals surface area contributed by atoms with Crippen LogP contribution in [0.2, 0.25) is 0 Å². The fraction of sp³-hybridized carbons (Fsp3) is 0.176. The SMILES string of the molecule is C=C/C=C(\C=C)Oc1nc(C)nc2ccccc12.CC. The highest BCUT2D eigenvalue weighted by molar-refractivity contribution is 5.83. The zero-order valence-electron chi connectivity index (χ0n) is 12.3. The smallest absolute Gasteiger partial charge is 0.230 e. The van der Waals surface area contributed by atoms with Gasteiger partial charge in [0.15, 0.2) is 0 Å². The van der Waals surface area contributed by atoms with E-state index in [4.69, 9.17) is 4.74 Å². The van der Waals surface area contributed by atoms with E-state index in [-0.39, 0.29) is 0 Å². The van der Waals surface area contributed by atoms with E-state index < -0.39 is 0 Å². The van der Waals surface area contributed by atoms with Crippen LogP contribution in [0.25, 0.3) is 10.9 Å². The van der Waals surface area contributed by atoms with E-state index in [1.807, 2.05) is 45.0 Å². The molecule has 0 unspecified atom stereocenters. The number of hydrogen-bond donors (Lipinski definition) is 0. The molecule has 0 aliphatic rings. The maximum atomic E-state index is 5.72. The van der Waals surface area contributed by atoms with Gasteiger partial charge < -0.3 is 4.74 Å². The summed E-state index contributed by atoms with van der Waals surface area (Å²) in [5, 5.41) is 0.875. The van der Waals surface area contributed by atoms with Gasteiger partial charge in [-0.3, -0.25) is 0 Å². The quantitative estimate of drug-likeness (QED) is 0.600. The zero-order valence-corrected chi connectivity index (χ0v) is 12.3. The summed E-state index contributed by atoms with van der Waals surface area (Å²) in [6.45, 7) is 13.2. The summed E-state index contributed by atoms with van der Waals surface area (Å²) in [7, 11) is 0. The first kappa shape index (κ1) is 15.6. The molecule has 0 radical (unpaired) electrons. The minimum Gasteiger partial charge on any atom is -0.438 e. The number of allylic oxidation sites excluding steroid dienone is 3. The van der Waals surface area contributed by atoms with E-state index in [1.165, 1.54) is 0 Å². The fourth-order valence-corrected chi connectivity index (χ4v) is 1.61. The van der Waals surface area contributed by atoms with Gasteiger partial charge in [-0.1, -0.05) is 45.2 Å². The highest BCUT2D eigenvalue weighted by atomic mass is 16.5. The first-order valence-electron chi connectivity index (χ1n) is 6.61. The standard InChI is InChI=1S/C15H14N2O.C2H6/c1-4-8-12(5-2)18-15-13-9-6-7-10-14(13)16-11(3)17-15;1-2/h4-10H,1-2H2,3H3;1-2H3/b12-8+;. The van der Waals surface area contributed by atoms with Crippen molar-refractivity contribution >= 4 is 10.9 Å². The number of benzene rings is 1. The molecule has 0 atom stereocenters. The molecular formula is C17H20N2O. The molecule has 3 heteroatoms. The Morgan fingerprint density at radius 2 is 1.85 bits per heavy atom. The normalized spacial score (nSPS) is 10.4. The molecule has 0 spiro atoms. The highest BCUT2D eigenvalue weighted by Gasteiger charge is 2.07. The number of aryl methyl sites for hydroxylation is 1. The summed E-state index contributed by atoms with van der Waals surface area (Å²) in [5.74, 6) is 1.81. The molecule has 0 bridgehead atoms. The van der Waals surface area contributed by atoms with Gasteiger partial charge in [-0.25, -0.2) is 4.98 Å². The van der Waals surface area contributed by atoms with Crippen LogP contribution in [0.15, 0.2) is 61.4 Å². The van der Waals surface area contributed by atoms with Crippen LogP contribution in [0, 0.1) is 6.92 Å². The third-order valence-corrected chi connectivity index (χ3v) is 2.38. The summed E-state index contributed by atoms with van der Waals surface area (Å²) in [5.41, 5.74) is 0.863. The molecule has 0 saturated heterocycles. The van der Waals surface area contributed by atoms with Crippen LogP contribution in [-0.4, -0.2) is 9.97 Å². The van der Waals surface area contributed by atoms with Crippen LogP contribution < -0.4 is 4.74 Å². The summed E-state index contributed by atoms with van der Waals surface area (Å²) >= 11 is 0. The Morgan fingerprint density at radius 1 is 1.15 bits per heavy atom. The Balaban J connectivity index is 0.000000956. The van der Waals surface area contributed by atoms with Crippen molar-refractivity contribution in [1.82, 2.24) is 9.97 Å². The Morgan fingerprint density at radius 3 is 2.50 bits per heavy atom. The Kier molecular flexibility index (Phi) is 6.17. The van der Waals surface area contributed by atoms with Gasteiger partial charge in [-0.2, -0.15) is 4.98 Å². The van der Waals surface area contributed by atoms with Crippen LogP contribution >= 0.6 is 0 Å². The van der Waals surface area contributed by atoms with Crippen molar-refractivity contribution in [3.05, 3.63) is 67.2 Å². The van der Waals surface area contributed by atoms with E-state index in [1.54, 1.807) is 18.2 Å². The Bertz CT molecular complexity index is 630. The van der Waals surface area contributed by atoms with E-state index in [2.05, 4.69) is 23.1 Å². The molecule has 20 heavy (non-hydrogen) atoms. The molecule has 0 saturated carbocycles. The third kappa shape index (κ3) is 3.79. The number of nitrogens with zero attached hydrogens (tertiary/aromatic N) is 2. The Labute approximate surface area is 120 Å². The minimum absolute atomic E-state index is 0.533. The molecular weight excluding hydrogens is 248 g/mol. The lowest BCUT2D eigenvalue weighted by atomic mass is 10.2. The second-order valence-corrected chi connectivity index (χ2v) is 3.70. The number of hydrogen-bond acceptors (Lipinski definition) is 3. The lowest BCUT2D eigenvalue weighted by molar-refractivity contribution is 0.430. The maximum Gasteiger partial charge on any atom is 0.230 e. The highest BCUT2D eigenvalue weighted by Crippen LogP contribution is 2.23. The summed E-state index contributed by atoms with van der Waals surface area (Å²) in [4.78, 5) is 8.67. The van der Waals surface area contributed by atoms with Crippen LogP contribution in [-0.2, 0) is 0 Å². The van der Waals surface area contributed by atoms with Gasteiger partial charge in [0.25, 0.3) is 0 Å². The van der Waals surface area contributed by atoms with Gasteiger partial charge in [0.2, 0.25) is 5.88 Å². The monoisotopic (exact) mass is 268 g/mol. The molecule has 0 aliphatic carbocycles. The molecule has 0 N–H and O–H groups in total. The third-order valence-electron chi connectivity index (χ3n) is 2.38. The summed E-state index contributed by atoms with van der Waals surface area (Å²) in [6.07, 6.45) is 5.00. The van der Waals surface area contributed by atoms with Crippen LogP contribution in [0.4, 0.5) is 0 Å². The molecule has 104 valence electrons. The van der Waals surface area contributed by atoms with Crippen molar-refractivity contribution in [3.8, 4) is 5.88 Å². The number of rotatable bonds is 4. The van der Waals surface area contributed by atoms with E-state index >= 15 is 0 Å². The van der Waals surface area contributed by atoms with Gasteiger partial charge in [-0.15, -0.1) is 0 Å². The van der Waals surface area contributed by atoms with Gasteiger partial charge >= 0.3 is 0 Å². The van der Waals surface area contributed by atoms with Gasteiger partial charge in [-0.05, 0) is 31.2 Å². The largest absolute Gasteiger partial charge is 0.438 e. The average molecular weight is 268 g/mol. The number of fused-ring (bicyclic) bond motifs is 1. The molecule has 0 fully saturated rings. The summed E-state index contributed by atoms with van der Waals surface area (Å²) in [6, 6.07) is 7.73. The van der Waals surface area contributed by atoms with Crippen LogP contribution in [0.3, 0.4) is 0 Å². The van der Waals surface area contributed by atoms with Gasteiger partial charge in [0.1, 0.15) is 11.6 Å². The van der Waals surface area contributed by atoms with Crippen molar-refractivity contribution in [2.45, 2.75) is 20.8 Å². The first-order chi connectivity index (χ1) is 9.74. The lowest BCUT2D eigenvalue weighted by Crippen LogP contribution is -1.98. The number of para-hydroxylation sites is 1. The van der Waals surface area contributed by atoms with Gasteiger partial charge in [0, 0.05) is 0 Å². The Hall–Kier alpha value is -2.42. The first-order valence-corrected chi connectivity index (χ1v) is 6.61. The summed E-state index contributed by atoms with van der Waals surface area (Å²) < 4.78 is 5.72. The molecule has 3 nitrogen and oxygen atoms in total. The molecule has 1 aromatic carbocycles. The maximum absolute atomic E-state index is 5.72. The van der Waals surface area contributed by atoms with E-state index in [0.717, 1.165) is 10.9 Å². The van der Waals surface area contributed by atoms with Crippen molar-refractivity contribution in [1.29, 1.82) is 0 Å². The van der Waals surface area contributed by atoms with Crippen LogP contribution in [0.1, 0.15) is 19.7 Å². The molecule has 0 aliphatic heterocycles. The fourth-order valence-electron chi connectivity index (χ4n) is 1.61. The predicted octanol–water partition coefficient (Wildman–Crippen LogP) is 4.60. The van der Waals surface area contributed by atoms with E-state index in [9.17, 15) is 0 Å². The second-order valence-electron chi connectivity index (χ2n) is 3.70. The van der Waals surface area contributed by atoms with Crippen molar-refractivity contribution in [3.63, 3.8) is 0 Å². The molecule has 1 heterocycles. The number of ether oxygens (including phenoxy) is 1. The average Bonchev–Trinajstić information content (AvgIpc) is 2.48. The lowest BCUT2D eigenvalue weighted by Gasteiger charge is -2.08. The van der Waals surface area contributed by atoms with Crippen molar-refractivity contribution in [2.24, 2.45) is 0 Å².